The minimum Gasteiger partial charge on any atom is -0.326 e. The Balaban J connectivity index is 1.37. The molecule has 30 heavy (non-hydrogen) atoms. The number of rotatable bonds is 5. The molecule has 4 rings (SSSR count). The van der Waals surface area contributed by atoms with Crippen LogP contribution in [0.3, 0.4) is 0 Å². The van der Waals surface area contributed by atoms with E-state index in [1.807, 2.05) is 0 Å². The van der Waals surface area contributed by atoms with Crippen LogP contribution >= 0.6 is 0 Å². The Labute approximate surface area is 173 Å². The predicted octanol–water partition coefficient (Wildman–Crippen LogP) is 2.45. The van der Waals surface area contributed by atoms with Crippen molar-refractivity contribution in [2.45, 2.75) is 17.7 Å². The fraction of sp³-hybridized carbons (Fsp3) is 0.250. The summed E-state index contributed by atoms with van der Waals surface area (Å²) in [7, 11) is -3.62. The average Bonchev–Trinajstić information content (AvgIpc) is 3.29. The van der Waals surface area contributed by atoms with E-state index in [2.05, 4.69) is 15.3 Å². The van der Waals surface area contributed by atoms with Crippen LogP contribution in [-0.4, -0.2) is 46.3 Å². The van der Waals surface area contributed by atoms with Crippen molar-refractivity contribution in [3.63, 3.8) is 0 Å². The number of nitrogens with one attached hydrogen (secondary N) is 1. The van der Waals surface area contributed by atoms with E-state index in [-0.39, 0.29) is 29.8 Å². The molecule has 1 fully saturated rings. The molecule has 1 N–H and O–H groups in total. The molecule has 0 saturated carbocycles. The van der Waals surface area contributed by atoms with Gasteiger partial charge in [0.25, 0.3) is 0 Å². The van der Waals surface area contributed by atoms with Gasteiger partial charge in [-0.1, -0.05) is 0 Å². The number of sulfonamides is 1. The van der Waals surface area contributed by atoms with Crippen LogP contribution in [0.4, 0.5) is 10.1 Å². The minimum absolute atomic E-state index is 0.140. The van der Waals surface area contributed by atoms with Gasteiger partial charge >= 0.3 is 0 Å². The van der Waals surface area contributed by atoms with E-state index in [1.165, 1.54) is 35.2 Å². The molecule has 156 valence electrons. The van der Waals surface area contributed by atoms with Crippen LogP contribution in [0.1, 0.15) is 12.8 Å². The standard InChI is InChI=1S/C20H20FN5O3S/c21-18-12-16(3-4-19(18)25-11-8-23-14-25)24-20(27)15-5-9-26(10-6-15)30(28,29)17-2-1-7-22-13-17/h1-4,7-8,11-15H,5-6,9-10H2,(H,24,27). The van der Waals surface area contributed by atoms with Gasteiger partial charge in [0.15, 0.2) is 0 Å². The van der Waals surface area contributed by atoms with Crippen molar-refractivity contribution in [1.82, 2.24) is 18.8 Å². The molecule has 3 heterocycles. The van der Waals surface area contributed by atoms with E-state index in [9.17, 15) is 17.6 Å². The molecular weight excluding hydrogens is 409 g/mol. The van der Waals surface area contributed by atoms with Gasteiger partial charge in [-0.3, -0.25) is 9.78 Å². The van der Waals surface area contributed by atoms with Crippen LogP contribution in [0.15, 0.2) is 66.3 Å². The zero-order valence-corrected chi connectivity index (χ0v) is 16.8. The zero-order chi connectivity index (χ0) is 21.1. The molecule has 1 amide bonds. The molecule has 0 atom stereocenters. The van der Waals surface area contributed by atoms with Crippen molar-refractivity contribution >= 4 is 21.6 Å². The molecule has 0 bridgehead atoms. The van der Waals surface area contributed by atoms with Gasteiger partial charge in [0, 0.05) is 49.5 Å². The Morgan fingerprint density at radius 1 is 1.13 bits per heavy atom. The normalized spacial score (nSPS) is 15.8. The summed E-state index contributed by atoms with van der Waals surface area (Å²) in [4.78, 5) is 20.5. The number of nitrogens with zero attached hydrogens (tertiary/aromatic N) is 4. The largest absolute Gasteiger partial charge is 0.326 e. The van der Waals surface area contributed by atoms with Crippen molar-refractivity contribution in [3.05, 3.63) is 67.3 Å². The van der Waals surface area contributed by atoms with Gasteiger partial charge in [0.2, 0.25) is 15.9 Å². The molecule has 1 aliphatic rings. The summed E-state index contributed by atoms with van der Waals surface area (Å²) in [6.45, 7) is 0.479. The first-order valence-corrected chi connectivity index (χ1v) is 10.9. The number of aromatic nitrogens is 3. The van der Waals surface area contributed by atoms with Crippen LogP contribution in [-0.2, 0) is 14.8 Å². The molecule has 2 aromatic heterocycles. The quantitative estimate of drug-likeness (QED) is 0.672. The second-order valence-corrected chi connectivity index (χ2v) is 8.93. The Kier molecular flexibility index (Phi) is 5.60. The summed E-state index contributed by atoms with van der Waals surface area (Å²) in [5.74, 6) is -1.08. The SMILES string of the molecule is O=C(Nc1ccc(-n2ccnc2)c(F)c1)C1CCN(S(=O)(=O)c2cccnc2)CC1. The van der Waals surface area contributed by atoms with E-state index >= 15 is 0 Å². The third kappa shape index (κ3) is 4.10. The molecule has 1 saturated heterocycles. The number of benzene rings is 1. The van der Waals surface area contributed by atoms with Crippen molar-refractivity contribution in [2.24, 2.45) is 5.92 Å². The lowest BCUT2D eigenvalue weighted by Crippen LogP contribution is -2.41. The highest BCUT2D eigenvalue weighted by molar-refractivity contribution is 7.89. The van der Waals surface area contributed by atoms with E-state index < -0.39 is 15.8 Å². The van der Waals surface area contributed by atoms with Crippen LogP contribution in [0.5, 0.6) is 0 Å². The average molecular weight is 429 g/mol. The first-order chi connectivity index (χ1) is 14.4. The molecule has 8 nitrogen and oxygen atoms in total. The lowest BCUT2D eigenvalue weighted by atomic mass is 9.97. The summed E-state index contributed by atoms with van der Waals surface area (Å²) in [6.07, 6.45) is 8.28. The molecule has 1 aliphatic heterocycles. The highest BCUT2D eigenvalue weighted by atomic mass is 32.2. The first-order valence-electron chi connectivity index (χ1n) is 9.44. The van der Waals surface area contributed by atoms with Crippen LogP contribution in [0.25, 0.3) is 5.69 Å². The number of hydrogen-bond donors (Lipinski definition) is 1. The molecule has 0 aliphatic carbocycles. The molecule has 0 radical (unpaired) electrons. The van der Waals surface area contributed by atoms with Gasteiger partial charge in [0.1, 0.15) is 10.7 Å². The van der Waals surface area contributed by atoms with Crippen molar-refractivity contribution in [1.29, 1.82) is 0 Å². The molecule has 10 heteroatoms. The van der Waals surface area contributed by atoms with Gasteiger partial charge < -0.3 is 9.88 Å². The number of imidazole rings is 1. The smallest absolute Gasteiger partial charge is 0.244 e. The maximum atomic E-state index is 14.4. The van der Waals surface area contributed by atoms with E-state index in [4.69, 9.17) is 0 Å². The minimum atomic E-state index is -3.62. The number of carbonyl (C=O) groups is 1. The Bertz CT molecular complexity index is 1130. The van der Waals surface area contributed by atoms with Gasteiger partial charge in [-0.05, 0) is 43.2 Å². The first kappa shape index (κ1) is 20.2. The van der Waals surface area contributed by atoms with Crippen molar-refractivity contribution in [2.75, 3.05) is 18.4 Å². The fourth-order valence-electron chi connectivity index (χ4n) is 3.45. The topological polar surface area (TPSA) is 97.2 Å². The molecule has 3 aromatic rings. The highest BCUT2D eigenvalue weighted by Gasteiger charge is 2.32. The maximum absolute atomic E-state index is 14.4. The van der Waals surface area contributed by atoms with E-state index in [0.717, 1.165) is 0 Å². The number of pyridine rings is 1. The van der Waals surface area contributed by atoms with Gasteiger partial charge in [0.05, 0.1) is 12.0 Å². The van der Waals surface area contributed by atoms with E-state index in [0.29, 0.717) is 24.2 Å². The number of amides is 1. The molecular formula is C20H20FN5O3S. The Hall–Kier alpha value is -3.11. The summed E-state index contributed by atoms with van der Waals surface area (Å²) in [5.41, 5.74) is 0.686. The lowest BCUT2D eigenvalue weighted by Gasteiger charge is -2.30. The number of carbonyl (C=O) groups excluding carboxylic acids is 1. The molecule has 0 spiro atoms. The molecule has 0 unspecified atom stereocenters. The maximum Gasteiger partial charge on any atom is 0.244 e. The number of halogens is 1. The predicted molar refractivity (Wildman–Crippen MR) is 108 cm³/mol. The second-order valence-electron chi connectivity index (χ2n) is 6.99. The summed E-state index contributed by atoms with van der Waals surface area (Å²) in [6, 6.07) is 7.52. The Morgan fingerprint density at radius 3 is 2.57 bits per heavy atom. The summed E-state index contributed by atoms with van der Waals surface area (Å²) in [5, 5.41) is 2.73. The highest BCUT2D eigenvalue weighted by Crippen LogP contribution is 2.25. The van der Waals surface area contributed by atoms with Gasteiger partial charge in [-0.15, -0.1) is 0 Å². The monoisotopic (exact) mass is 429 g/mol. The number of piperidine rings is 1. The van der Waals surface area contributed by atoms with E-state index in [1.54, 1.807) is 35.2 Å². The Morgan fingerprint density at radius 2 is 1.93 bits per heavy atom. The lowest BCUT2D eigenvalue weighted by molar-refractivity contribution is -0.120. The second kappa shape index (κ2) is 8.33. The number of anilines is 1. The van der Waals surface area contributed by atoms with Crippen LogP contribution < -0.4 is 5.32 Å². The van der Waals surface area contributed by atoms with Crippen LogP contribution in [0, 0.1) is 11.7 Å². The fourth-order valence-corrected chi connectivity index (χ4v) is 4.88. The third-order valence-electron chi connectivity index (χ3n) is 5.09. The number of hydrogen-bond acceptors (Lipinski definition) is 5. The molecule has 1 aromatic carbocycles. The van der Waals surface area contributed by atoms with Crippen LogP contribution in [0.2, 0.25) is 0 Å². The van der Waals surface area contributed by atoms with Gasteiger partial charge in [-0.25, -0.2) is 17.8 Å². The summed E-state index contributed by atoms with van der Waals surface area (Å²) < 4.78 is 42.6. The van der Waals surface area contributed by atoms with Gasteiger partial charge in [-0.2, -0.15) is 4.31 Å². The third-order valence-corrected chi connectivity index (χ3v) is 6.98. The zero-order valence-electron chi connectivity index (χ0n) is 16.0. The summed E-state index contributed by atoms with van der Waals surface area (Å²) >= 11 is 0. The van der Waals surface area contributed by atoms with Crippen molar-refractivity contribution in [3.8, 4) is 5.69 Å². The van der Waals surface area contributed by atoms with Crippen molar-refractivity contribution < 1.29 is 17.6 Å².